The SMILES string of the molecule is CCCCCCCCc1ccc(NC(=O)NC2(CC(=O)O)CC[N+](C)(C)CC2)cc1. The second kappa shape index (κ2) is 11.3. The second-order valence-electron chi connectivity index (χ2n) is 9.53. The summed E-state index contributed by atoms with van der Waals surface area (Å²) in [7, 11) is 4.27. The maximum absolute atomic E-state index is 12.6. The van der Waals surface area contributed by atoms with Crippen LogP contribution in [0.2, 0.25) is 0 Å². The van der Waals surface area contributed by atoms with Crippen molar-refractivity contribution >= 4 is 17.7 Å². The number of carboxylic acids is 1. The lowest BCUT2D eigenvalue weighted by atomic mass is 9.83. The van der Waals surface area contributed by atoms with E-state index in [4.69, 9.17) is 0 Å². The first kappa shape index (κ1) is 24.2. The van der Waals surface area contributed by atoms with E-state index in [2.05, 4.69) is 43.8 Å². The number of carbonyl (C=O) groups is 2. The molecule has 0 aromatic heterocycles. The van der Waals surface area contributed by atoms with Gasteiger partial charge in [0.2, 0.25) is 0 Å². The minimum Gasteiger partial charge on any atom is -0.481 e. The molecule has 30 heavy (non-hydrogen) atoms. The van der Waals surface area contributed by atoms with Gasteiger partial charge in [0.05, 0.1) is 39.1 Å². The van der Waals surface area contributed by atoms with E-state index in [-0.39, 0.29) is 12.5 Å². The Morgan fingerprint density at radius 2 is 1.60 bits per heavy atom. The number of benzene rings is 1. The van der Waals surface area contributed by atoms with Gasteiger partial charge in [0.1, 0.15) is 0 Å². The molecule has 168 valence electrons. The van der Waals surface area contributed by atoms with E-state index in [9.17, 15) is 14.7 Å². The first-order chi connectivity index (χ1) is 14.2. The van der Waals surface area contributed by atoms with Crippen LogP contribution in [0.5, 0.6) is 0 Å². The molecule has 0 bridgehead atoms. The van der Waals surface area contributed by atoms with E-state index in [0.29, 0.717) is 12.8 Å². The predicted molar refractivity (Wildman–Crippen MR) is 122 cm³/mol. The average Bonchev–Trinajstić information content (AvgIpc) is 2.68. The van der Waals surface area contributed by atoms with Crippen molar-refractivity contribution in [1.29, 1.82) is 0 Å². The van der Waals surface area contributed by atoms with Crippen LogP contribution in [0.4, 0.5) is 10.5 Å². The quantitative estimate of drug-likeness (QED) is 0.357. The zero-order chi connectivity index (χ0) is 22.0. The molecule has 2 rings (SSSR count). The molecule has 6 heteroatoms. The molecule has 6 nitrogen and oxygen atoms in total. The summed E-state index contributed by atoms with van der Waals surface area (Å²) in [6, 6.07) is 7.66. The molecule has 0 radical (unpaired) electrons. The number of carboxylic acid groups (broad SMARTS) is 1. The maximum Gasteiger partial charge on any atom is 0.319 e. The highest BCUT2D eigenvalue weighted by atomic mass is 16.4. The number of rotatable bonds is 11. The van der Waals surface area contributed by atoms with E-state index in [1.165, 1.54) is 44.1 Å². The average molecular weight is 419 g/mol. The molecule has 0 spiro atoms. The number of likely N-dealkylation sites (tertiary alicyclic amines) is 1. The topological polar surface area (TPSA) is 78.4 Å². The lowest BCUT2D eigenvalue weighted by Crippen LogP contribution is -2.60. The van der Waals surface area contributed by atoms with Crippen molar-refractivity contribution in [2.75, 3.05) is 32.5 Å². The lowest BCUT2D eigenvalue weighted by Gasteiger charge is -2.44. The Morgan fingerprint density at radius 3 is 2.20 bits per heavy atom. The van der Waals surface area contributed by atoms with Gasteiger partial charge in [-0.15, -0.1) is 0 Å². The molecule has 0 atom stereocenters. The Kier molecular flexibility index (Phi) is 9.15. The van der Waals surface area contributed by atoms with Crippen molar-refractivity contribution in [2.24, 2.45) is 0 Å². The number of urea groups is 1. The number of nitrogens with one attached hydrogen (secondary N) is 2. The van der Waals surface area contributed by atoms with Crippen molar-refractivity contribution in [2.45, 2.75) is 76.7 Å². The van der Waals surface area contributed by atoms with Crippen LogP contribution in [0.3, 0.4) is 0 Å². The number of aliphatic carboxylic acids is 1. The van der Waals surface area contributed by atoms with Crippen molar-refractivity contribution in [3.05, 3.63) is 29.8 Å². The number of anilines is 1. The van der Waals surface area contributed by atoms with Gasteiger partial charge in [0, 0.05) is 18.5 Å². The van der Waals surface area contributed by atoms with Crippen LogP contribution in [0.25, 0.3) is 0 Å². The number of quaternary nitrogens is 1. The van der Waals surface area contributed by atoms with Crippen LogP contribution in [0, 0.1) is 0 Å². The summed E-state index contributed by atoms with van der Waals surface area (Å²) in [5.41, 5.74) is 1.34. The lowest BCUT2D eigenvalue weighted by molar-refractivity contribution is -0.896. The molecule has 2 amide bonds. The van der Waals surface area contributed by atoms with Gasteiger partial charge >= 0.3 is 12.0 Å². The van der Waals surface area contributed by atoms with Gasteiger partial charge in [-0.1, -0.05) is 51.2 Å². The number of nitrogens with zero attached hydrogens (tertiary/aromatic N) is 1. The molecule has 0 aliphatic carbocycles. The Balaban J connectivity index is 1.83. The largest absolute Gasteiger partial charge is 0.481 e. The molecular formula is C24H40N3O3+. The number of piperidine rings is 1. The number of amides is 2. The number of hydrogen-bond acceptors (Lipinski definition) is 2. The number of unbranched alkanes of at least 4 members (excludes halogenated alkanes) is 5. The van der Waals surface area contributed by atoms with Crippen LogP contribution in [0.15, 0.2) is 24.3 Å². The normalized spacial score (nSPS) is 17.3. The molecule has 1 aliphatic heterocycles. The zero-order valence-electron chi connectivity index (χ0n) is 19.0. The highest BCUT2D eigenvalue weighted by molar-refractivity contribution is 5.90. The van der Waals surface area contributed by atoms with E-state index in [0.717, 1.165) is 29.7 Å². The summed E-state index contributed by atoms with van der Waals surface area (Å²) in [6.45, 7) is 3.93. The van der Waals surface area contributed by atoms with Gasteiger partial charge in [0.15, 0.2) is 0 Å². The maximum atomic E-state index is 12.6. The summed E-state index contributed by atoms with van der Waals surface area (Å²) in [5, 5.41) is 15.2. The highest BCUT2D eigenvalue weighted by Gasteiger charge is 2.41. The third-order valence-electron chi connectivity index (χ3n) is 6.29. The minimum atomic E-state index is -0.874. The summed E-state index contributed by atoms with van der Waals surface area (Å²) in [5.74, 6) is -0.874. The number of aryl methyl sites for hydroxylation is 1. The molecule has 1 heterocycles. The Morgan fingerprint density at radius 1 is 1.00 bits per heavy atom. The monoisotopic (exact) mass is 418 g/mol. The van der Waals surface area contributed by atoms with E-state index >= 15 is 0 Å². The van der Waals surface area contributed by atoms with Gasteiger partial charge < -0.3 is 20.2 Å². The van der Waals surface area contributed by atoms with Crippen LogP contribution < -0.4 is 10.6 Å². The van der Waals surface area contributed by atoms with Crippen molar-refractivity contribution in [3.8, 4) is 0 Å². The fraction of sp³-hybridized carbons (Fsp3) is 0.667. The molecule has 0 unspecified atom stereocenters. The smallest absolute Gasteiger partial charge is 0.319 e. The summed E-state index contributed by atoms with van der Waals surface area (Å²) < 4.78 is 0.852. The third kappa shape index (κ3) is 8.34. The van der Waals surface area contributed by atoms with Crippen LogP contribution in [-0.2, 0) is 11.2 Å². The molecule has 1 aliphatic rings. The molecule has 3 N–H and O–H groups in total. The number of hydrogen-bond donors (Lipinski definition) is 3. The summed E-state index contributed by atoms with van der Waals surface area (Å²) in [6.07, 6.45) is 10.0. The van der Waals surface area contributed by atoms with Crippen molar-refractivity contribution < 1.29 is 19.2 Å². The fourth-order valence-corrected chi connectivity index (χ4v) is 4.17. The Bertz CT molecular complexity index is 675. The summed E-state index contributed by atoms with van der Waals surface area (Å²) in [4.78, 5) is 24.0. The highest BCUT2D eigenvalue weighted by Crippen LogP contribution is 2.28. The predicted octanol–water partition coefficient (Wildman–Crippen LogP) is 4.79. The molecule has 1 fully saturated rings. The van der Waals surface area contributed by atoms with Gasteiger partial charge in [-0.25, -0.2) is 4.79 Å². The summed E-state index contributed by atoms with van der Waals surface area (Å²) >= 11 is 0. The van der Waals surface area contributed by atoms with Gasteiger partial charge in [-0.3, -0.25) is 4.79 Å². The Hall–Kier alpha value is -2.08. The first-order valence-electron chi connectivity index (χ1n) is 11.5. The van der Waals surface area contributed by atoms with Crippen LogP contribution in [-0.4, -0.2) is 54.3 Å². The van der Waals surface area contributed by atoms with E-state index in [1.807, 2.05) is 12.1 Å². The molecule has 0 saturated carbocycles. The third-order valence-corrected chi connectivity index (χ3v) is 6.29. The Labute approximate surface area is 181 Å². The van der Waals surface area contributed by atoms with Gasteiger partial charge in [0.25, 0.3) is 0 Å². The fourth-order valence-electron chi connectivity index (χ4n) is 4.17. The standard InChI is InChI=1S/C24H39N3O3/c1-4-5-6-7-8-9-10-20-11-13-21(14-12-20)25-23(30)26-24(19-22(28)29)15-17-27(2,3)18-16-24/h11-14H,4-10,15-19H2,1-3H3,(H2-,25,26,28,29,30)/p+1. The van der Waals surface area contributed by atoms with Gasteiger partial charge in [-0.05, 0) is 30.5 Å². The molecule has 1 aromatic rings. The van der Waals surface area contributed by atoms with Crippen LogP contribution >= 0.6 is 0 Å². The molecule has 1 aromatic carbocycles. The van der Waals surface area contributed by atoms with E-state index in [1.54, 1.807) is 0 Å². The molecular weight excluding hydrogens is 378 g/mol. The molecule has 1 saturated heterocycles. The van der Waals surface area contributed by atoms with Crippen molar-refractivity contribution in [1.82, 2.24) is 5.32 Å². The second-order valence-corrected chi connectivity index (χ2v) is 9.53. The zero-order valence-corrected chi connectivity index (χ0v) is 19.0. The van der Waals surface area contributed by atoms with Crippen molar-refractivity contribution in [3.63, 3.8) is 0 Å². The number of carbonyl (C=O) groups excluding carboxylic acids is 1. The first-order valence-corrected chi connectivity index (χ1v) is 11.5. The van der Waals surface area contributed by atoms with E-state index < -0.39 is 11.5 Å². The van der Waals surface area contributed by atoms with Gasteiger partial charge in [-0.2, -0.15) is 0 Å². The van der Waals surface area contributed by atoms with Crippen LogP contribution in [0.1, 0.15) is 70.3 Å². The minimum absolute atomic E-state index is 0.0440.